The van der Waals surface area contributed by atoms with Gasteiger partial charge in [0.05, 0.1) is 18.7 Å². The second-order valence-corrected chi connectivity index (χ2v) is 5.15. The standard InChI is InChI=1S/C9H14N2O4S/c12-8-10-5-4-16-6(7(5)11-8)2-1-3-15-9(13)14/h5-7H,1-4H2,(H,13,14)(H2,10,11,12)/t5-,6-,7-/m0/s1. The molecule has 0 aromatic heterocycles. The molecule has 0 spiro atoms. The summed E-state index contributed by atoms with van der Waals surface area (Å²) in [7, 11) is 0. The predicted molar refractivity (Wildman–Crippen MR) is 58.7 cm³/mol. The van der Waals surface area contributed by atoms with E-state index in [9.17, 15) is 9.59 Å². The van der Waals surface area contributed by atoms with Crippen LogP contribution in [0, 0.1) is 0 Å². The van der Waals surface area contributed by atoms with E-state index in [0.717, 1.165) is 12.2 Å². The van der Waals surface area contributed by atoms with E-state index in [1.807, 2.05) is 11.8 Å². The number of nitrogens with one attached hydrogen (secondary N) is 2. The molecule has 0 saturated carbocycles. The molecule has 2 amide bonds. The summed E-state index contributed by atoms with van der Waals surface area (Å²) >= 11 is 1.82. The number of fused-ring (bicyclic) bond motifs is 1. The Kier molecular flexibility index (Phi) is 3.42. The highest BCUT2D eigenvalue weighted by Gasteiger charge is 2.42. The lowest BCUT2D eigenvalue weighted by atomic mass is 10.1. The third-order valence-electron chi connectivity index (χ3n) is 2.80. The molecule has 7 heteroatoms. The Morgan fingerprint density at radius 3 is 3.12 bits per heavy atom. The maximum atomic E-state index is 11.1. The van der Waals surface area contributed by atoms with Crippen molar-refractivity contribution in [2.24, 2.45) is 0 Å². The minimum Gasteiger partial charge on any atom is -0.450 e. The van der Waals surface area contributed by atoms with E-state index in [2.05, 4.69) is 15.4 Å². The summed E-state index contributed by atoms with van der Waals surface area (Å²) in [6.45, 7) is 0.227. The Hall–Kier alpha value is -1.11. The van der Waals surface area contributed by atoms with Crippen molar-refractivity contribution in [3.05, 3.63) is 0 Å². The summed E-state index contributed by atoms with van der Waals surface area (Å²) in [5.41, 5.74) is 0. The van der Waals surface area contributed by atoms with E-state index >= 15 is 0 Å². The molecule has 0 aromatic rings. The largest absolute Gasteiger partial charge is 0.505 e. The zero-order valence-electron chi connectivity index (χ0n) is 8.64. The van der Waals surface area contributed by atoms with Crippen molar-refractivity contribution < 1.29 is 19.4 Å². The highest BCUT2D eigenvalue weighted by Crippen LogP contribution is 2.32. The van der Waals surface area contributed by atoms with E-state index < -0.39 is 6.16 Å². The molecule has 0 aliphatic carbocycles. The van der Waals surface area contributed by atoms with Crippen LogP contribution in [0.25, 0.3) is 0 Å². The fraction of sp³-hybridized carbons (Fsp3) is 0.778. The van der Waals surface area contributed by atoms with E-state index in [0.29, 0.717) is 11.7 Å². The van der Waals surface area contributed by atoms with Crippen molar-refractivity contribution in [3.63, 3.8) is 0 Å². The van der Waals surface area contributed by atoms with Gasteiger partial charge >= 0.3 is 12.2 Å². The van der Waals surface area contributed by atoms with Gasteiger partial charge in [-0.1, -0.05) is 0 Å². The smallest absolute Gasteiger partial charge is 0.450 e. The summed E-state index contributed by atoms with van der Waals surface area (Å²) < 4.78 is 4.44. The summed E-state index contributed by atoms with van der Waals surface area (Å²) in [5, 5.41) is 14.4. The predicted octanol–water partition coefficient (Wildman–Crippen LogP) is 0.627. The van der Waals surface area contributed by atoms with Crippen LogP contribution in [0.3, 0.4) is 0 Å². The number of hydrogen-bond donors (Lipinski definition) is 3. The Balaban J connectivity index is 1.70. The molecule has 2 saturated heterocycles. The lowest BCUT2D eigenvalue weighted by molar-refractivity contribution is 0.0900. The number of amides is 2. The first-order valence-corrected chi connectivity index (χ1v) is 6.26. The summed E-state index contributed by atoms with van der Waals surface area (Å²) in [5.74, 6) is 0.924. The van der Waals surface area contributed by atoms with Crippen molar-refractivity contribution >= 4 is 23.9 Å². The van der Waals surface area contributed by atoms with Gasteiger partial charge in [0.15, 0.2) is 0 Å². The molecule has 2 aliphatic rings. The number of thioether (sulfide) groups is 1. The number of rotatable bonds is 4. The molecule has 16 heavy (non-hydrogen) atoms. The van der Waals surface area contributed by atoms with Crippen molar-refractivity contribution in [2.45, 2.75) is 30.2 Å². The van der Waals surface area contributed by atoms with Crippen molar-refractivity contribution in [3.8, 4) is 0 Å². The molecule has 90 valence electrons. The topological polar surface area (TPSA) is 87.7 Å². The number of hydrogen-bond acceptors (Lipinski definition) is 4. The molecule has 3 atom stereocenters. The third-order valence-corrected chi connectivity index (χ3v) is 4.31. The molecule has 0 bridgehead atoms. The average Bonchev–Trinajstić information content (AvgIpc) is 2.72. The van der Waals surface area contributed by atoms with Crippen molar-refractivity contribution in [1.82, 2.24) is 10.6 Å². The van der Waals surface area contributed by atoms with Gasteiger partial charge in [0.25, 0.3) is 0 Å². The SMILES string of the molecule is O=C1N[C@H]2[C@H](CS[C@H]2CCCOC(=O)O)N1. The lowest BCUT2D eigenvalue weighted by Crippen LogP contribution is -2.36. The molecule has 2 rings (SSSR count). The Labute approximate surface area is 97.1 Å². The van der Waals surface area contributed by atoms with Gasteiger partial charge in [-0.05, 0) is 12.8 Å². The van der Waals surface area contributed by atoms with Crippen LogP contribution < -0.4 is 10.6 Å². The van der Waals surface area contributed by atoms with Crippen molar-refractivity contribution in [1.29, 1.82) is 0 Å². The van der Waals surface area contributed by atoms with E-state index in [1.54, 1.807) is 0 Å². The first kappa shape index (κ1) is 11.4. The molecular formula is C9H14N2O4S. The highest BCUT2D eigenvalue weighted by molar-refractivity contribution is 8.00. The zero-order valence-corrected chi connectivity index (χ0v) is 9.46. The quantitative estimate of drug-likeness (QED) is 0.384. The first-order valence-electron chi connectivity index (χ1n) is 5.21. The van der Waals surface area contributed by atoms with Gasteiger partial charge in [-0.15, -0.1) is 0 Å². The highest BCUT2D eigenvalue weighted by atomic mass is 32.2. The second-order valence-electron chi connectivity index (χ2n) is 3.88. The van der Waals surface area contributed by atoms with Crippen LogP contribution in [0.4, 0.5) is 9.59 Å². The summed E-state index contributed by atoms with van der Waals surface area (Å²) in [6, 6.07) is 0.312. The monoisotopic (exact) mass is 246 g/mol. The van der Waals surface area contributed by atoms with Crippen LogP contribution in [0.1, 0.15) is 12.8 Å². The molecule has 6 nitrogen and oxygen atoms in total. The lowest BCUT2D eigenvalue weighted by Gasteiger charge is -2.16. The number of carboxylic acid groups (broad SMARTS) is 1. The van der Waals surface area contributed by atoms with Gasteiger partial charge in [-0.25, -0.2) is 9.59 Å². The van der Waals surface area contributed by atoms with E-state index in [-0.39, 0.29) is 24.7 Å². The Bertz CT molecular complexity index is 299. The van der Waals surface area contributed by atoms with E-state index in [4.69, 9.17) is 5.11 Å². The molecule has 0 radical (unpaired) electrons. The minimum absolute atomic E-state index is 0.0953. The van der Waals surface area contributed by atoms with Crippen LogP contribution in [-0.4, -0.2) is 47.0 Å². The fourth-order valence-corrected chi connectivity index (χ4v) is 3.63. The molecule has 0 unspecified atom stereocenters. The molecule has 3 N–H and O–H groups in total. The minimum atomic E-state index is -1.23. The van der Waals surface area contributed by atoms with E-state index in [1.165, 1.54) is 0 Å². The molecular weight excluding hydrogens is 232 g/mol. The first-order chi connectivity index (χ1) is 7.66. The Morgan fingerprint density at radius 1 is 1.56 bits per heavy atom. The number of carbonyl (C=O) groups is 2. The third kappa shape index (κ3) is 2.52. The van der Waals surface area contributed by atoms with Gasteiger partial charge in [0, 0.05) is 11.0 Å². The van der Waals surface area contributed by atoms with Gasteiger partial charge in [-0.2, -0.15) is 11.8 Å². The summed E-state index contributed by atoms with van der Waals surface area (Å²) in [4.78, 5) is 21.2. The Morgan fingerprint density at radius 2 is 2.38 bits per heavy atom. The molecule has 2 fully saturated rings. The van der Waals surface area contributed by atoms with Crippen LogP contribution >= 0.6 is 11.8 Å². The summed E-state index contributed by atoms with van der Waals surface area (Å²) in [6.07, 6.45) is 0.331. The maximum Gasteiger partial charge on any atom is 0.505 e. The van der Waals surface area contributed by atoms with Crippen LogP contribution in [0.15, 0.2) is 0 Å². The van der Waals surface area contributed by atoms with Crippen LogP contribution in [0.5, 0.6) is 0 Å². The normalized spacial score (nSPS) is 31.8. The maximum absolute atomic E-state index is 11.1. The van der Waals surface area contributed by atoms with Crippen LogP contribution in [-0.2, 0) is 4.74 Å². The number of ether oxygens (including phenoxy) is 1. The molecule has 2 aliphatic heterocycles. The average molecular weight is 246 g/mol. The zero-order chi connectivity index (χ0) is 11.5. The number of carbonyl (C=O) groups excluding carboxylic acids is 1. The second kappa shape index (κ2) is 4.82. The molecule has 2 heterocycles. The number of urea groups is 1. The van der Waals surface area contributed by atoms with Crippen molar-refractivity contribution in [2.75, 3.05) is 12.4 Å². The van der Waals surface area contributed by atoms with Crippen LogP contribution in [0.2, 0.25) is 0 Å². The van der Waals surface area contributed by atoms with Gasteiger partial charge in [-0.3, -0.25) is 0 Å². The van der Waals surface area contributed by atoms with Gasteiger partial charge in [0.2, 0.25) is 0 Å². The molecule has 0 aromatic carbocycles. The fourth-order valence-electron chi connectivity index (χ4n) is 2.09. The van der Waals surface area contributed by atoms with Gasteiger partial charge in [0.1, 0.15) is 0 Å². The van der Waals surface area contributed by atoms with Gasteiger partial charge < -0.3 is 20.5 Å².